The number of hydrogen-bond donors (Lipinski definition) is 9. The number of benzene rings is 3. The molecule has 1 aliphatic rings. The fourth-order valence-electron chi connectivity index (χ4n) is 4.49. The van der Waals surface area contributed by atoms with E-state index in [9.17, 15) is 42.8 Å². The average Bonchev–Trinajstić information content (AvgIpc) is 3.02. The molecule has 2 unspecified atom stereocenters. The number of hydrogen-bond acceptors (Lipinski definition) is 17. The fraction of sp³-hybridized carbons (Fsp3) is 0.346. The number of nitrogens with zero attached hydrogens (tertiary/aromatic N) is 1. The fourth-order valence-corrected chi connectivity index (χ4v) is 9.22. The minimum atomic E-state index is -4.88. The predicted molar refractivity (Wildman–Crippen MR) is 196 cm³/mol. The molecule has 0 bridgehead atoms. The Kier molecular flexibility index (Phi) is 13.3. The largest absolute Gasteiger partial charge is 0.494 e. The maximum atomic E-state index is 12.0. The number of ether oxygens (including phenoxy) is 1. The van der Waals surface area contributed by atoms with E-state index in [1.807, 2.05) is 0 Å². The highest BCUT2D eigenvalue weighted by atomic mass is 32.2. The van der Waals surface area contributed by atoms with Gasteiger partial charge >= 0.3 is 0 Å². The van der Waals surface area contributed by atoms with E-state index in [2.05, 4.69) is 31.8 Å². The van der Waals surface area contributed by atoms with E-state index in [0.717, 1.165) is 6.07 Å². The second-order valence-corrected chi connectivity index (χ2v) is 19.0. The van der Waals surface area contributed by atoms with Crippen LogP contribution in [0, 0.1) is 0 Å². The first-order chi connectivity index (χ1) is 23.7. The van der Waals surface area contributed by atoms with Gasteiger partial charge in [-0.05, 0) is 66.1 Å². The molecule has 19 nitrogen and oxygen atoms in total. The normalized spacial score (nSPS) is 17.0. The van der Waals surface area contributed by atoms with E-state index in [1.165, 1.54) is 48.8 Å². The Morgan fingerprint density at radius 3 is 1.98 bits per heavy atom. The van der Waals surface area contributed by atoms with E-state index < -0.39 is 72.8 Å². The Morgan fingerprint density at radius 2 is 1.39 bits per heavy atom. The first-order valence-electron chi connectivity index (χ1n) is 14.4. The van der Waals surface area contributed by atoms with E-state index in [0.29, 0.717) is 46.3 Å². The van der Waals surface area contributed by atoms with Gasteiger partial charge in [0.05, 0.1) is 40.6 Å². The van der Waals surface area contributed by atoms with Gasteiger partial charge < -0.3 is 26.2 Å². The van der Waals surface area contributed by atoms with Crippen molar-refractivity contribution in [2.45, 2.75) is 33.6 Å². The van der Waals surface area contributed by atoms with Crippen LogP contribution in [0.2, 0.25) is 0 Å². The third-order valence-electron chi connectivity index (χ3n) is 6.73. The lowest BCUT2D eigenvalue weighted by Gasteiger charge is -2.31. The van der Waals surface area contributed by atoms with Crippen LogP contribution in [0.5, 0.6) is 5.75 Å². The zero-order valence-electron chi connectivity index (χ0n) is 26.4. The number of fused-ring (bicyclic) bond motifs is 1. The summed E-state index contributed by atoms with van der Waals surface area (Å²) in [5.74, 6) is 0.526. The number of guanidine groups is 1. The smallest absolute Gasteiger partial charge is 0.295 e. The third kappa shape index (κ3) is 12.8. The summed E-state index contributed by atoms with van der Waals surface area (Å²) < 4.78 is 134. The Morgan fingerprint density at radius 1 is 0.784 bits per heavy atom. The van der Waals surface area contributed by atoms with Crippen molar-refractivity contribution < 1.29 is 56.6 Å². The molecule has 25 heteroatoms. The number of anilines is 3. The third-order valence-corrected chi connectivity index (χ3v) is 12.3. The summed E-state index contributed by atoms with van der Waals surface area (Å²) in [6.07, 6.45) is 0.355. The molecule has 3 aromatic carbocycles. The second kappa shape index (κ2) is 16.7. The van der Waals surface area contributed by atoms with E-state index in [1.54, 1.807) is 18.2 Å². The van der Waals surface area contributed by atoms with Gasteiger partial charge in [-0.2, -0.15) is 33.7 Å². The van der Waals surface area contributed by atoms with Gasteiger partial charge in [0.15, 0.2) is 11.5 Å². The quantitative estimate of drug-likeness (QED) is 0.0536. The summed E-state index contributed by atoms with van der Waals surface area (Å²) in [7, 11) is -16.5. The maximum Gasteiger partial charge on any atom is 0.295 e. The SMILES string of the molecule is COc1cc(NNc2ccc3cc(S(=O)(=O)O)cc(S(=O)(=O)O)c3c2)ccc1NC1=NC(SCCCS(=O)(=O)O)NC(SCCCS(=O)(=O)O)N1. The standard InChI is InChI=1S/C26H34N6O13S6/c1-45-22-14-18(32-31-17-5-4-16-12-19(50(39,40)41)15-23(20(16)13-17)51(42,43)44)6-7-21(22)27-24-28-25(46-8-2-10-48(33,34)35)30-26(29-24)47-9-3-11-49(36,37)38/h4-7,12-15,25-26,30-32H,2-3,8-11H2,1H3,(H2,27,28,29)(H,33,34,35)(H,36,37,38)(H,39,40,41)(H,42,43,44). The van der Waals surface area contributed by atoms with Gasteiger partial charge in [0.2, 0.25) is 0 Å². The number of methoxy groups -OCH3 is 1. The monoisotopic (exact) mass is 830 g/mol. The summed E-state index contributed by atoms with van der Waals surface area (Å²) in [5, 5.41) is 9.56. The van der Waals surface area contributed by atoms with Gasteiger partial charge in [-0.15, -0.1) is 23.5 Å². The molecule has 0 fully saturated rings. The van der Waals surface area contributed by atoms with Gasteiger partial charge in [0.1, 0.15) is 16.1 Å². The predicted octanol–water partition coefficient (Wildman–Crippen LogP) is 2.33. The minimum Gasteiger partial charge on any atom is -0.494 e. The molecule has 4 rings (SSSR count). The highest BCUT2D eigenvalue weighted by Gasteiger charge is 2.24. The molecule has 0 aromatic heterocycles. The first-order valence-corrected chi connectivity index (χ1v) is 22.6. The van der Waals surface area contributed by atoms with Gasteiger partial charge in [-0.3, -0.25) is 23.5 Å². The van der Waals surface area contributed by atoms with Crippen molar-refractivity contribution in [1.29, 1.82) is 0 Å². The molecule has 0 saturated carbocycles. The molecule has 0 radical (unpaired) electrons. The van der Waals surface area contributed by atoms with Crippen LogP contribution in [0.1, 0.15) is 12.8 Å². The number of aliphatic imine (C=N–C) groups is 1. The molecular weight excluding hydrogens is 797 g/mol. The number of hydrazine groups is 1. The van der Waals surface area contributed by atoms with Crippen molar-refractivity contribution in [2.75, 3.05) is 46.3 Å². The second-order valence-electron chi connectivity index (χ2n) is 10.6. The molecule has 282 valence electrons. The van der Waals surface area contributed by atoms with Crippen LogP contribution in [-0.4, -0.2) is 99.0 Å². The lowest BCUT2D eigenvalue weighted by Crippen LogP contribution is -2.53. The van der Waals surface area contributed by atoms with E-state index >= 15 is 0 Å². The van der Waals surface area contributed by atoms with Crippen molar-refractivity contribution in [1.82, 2.24) is 10.6 Å². The van der Waals surface area contributed by atoms with Crippen LogP contribution in [-0.2, 0) is 40.5 Å². The molecule has 0 spiro atoms. The van der Waals surface area contributed by atoms with Crippen molar-refractivity contribution in [3.05, 3.63) is 48.5 Å². The topological polar surface area (TPSA) is 299 Å². The van der Waals surface area contributed by atoms with Crippen molar-refractivity contribution in [3.8, 4) is 5.75 Å². The maximum absolute atomic E-state index is 12.0. The van der Waals surface area contributed by atoms with Crippen LogP contribution in [0.4, 0.5) is 17.1 Å². The van der Waals surface area contributed by atoms with Crippen LogP contribution < -0.4 is 31.5 Å². The van der Waals surface area contributed by atoms with E-state index in [4.69, 9.17) is 13.8 Å². The highest BCUT2D eigenvalue weighted by molar-refractivity contribution is 8.00. The molecule has 2 atom stereocenters. The Hall–Kier alpha value is -3.11. The number of nitrogens with one attached hydrogen (secondary N) is 5. The van der Waals surface area contributed by atoms with Crippen LogP contribution in [0.25, 0.3) is 10.8 Å². The highest BCUT2D eigenvalue weighted by Crippen LogP contribution is 2.31. The summed E-state index contributed by atoms with van der Waals surface area (Å²) in [6.45, 7) is 0. The minimum absolute atomic E-state index is 0.0196. The average molecular weight is 831 g/mol. The van der Waals surface area contributed by atoms with Crippen molar-refractivity contribution in [2.24, 2.45) is 4.99 Å². The summed E-state index contributed by atoms with van der Waals surface area (Å²) in [5.41, 5.74) is 6.05. The molecule has 3 aromatic rings. The van der Waals surface area contributed by atoms with Crippen molar-refractivity contribution >= 4 is 97.8 Å². The number of rotatable bonds is 17. The lowest BCUT2D eigenvalue weighted by molar-refractivity contribution is 0.417. The van der Waals surface area contributed by atoms with Crippen LogP contribution in [0.3, 0.4) is 0 Å². The summed E-state index contributed by atoms with van der Waals surface area (Å²) in [4.78, 5) is 3.14. The zero-order valence-corrected chi connectivity index (χ0v) is 31.3. The molecule has 1 heterocycles. The summed E-state index contributed by atoms with van der Waals surface area (Å²) >= 11 is 2.60. The Bertz CT molecular complexity index is 2220. The first kappa shape index (κ1) is 40.7. The molecule has 9 N–H and O–H groups in total. The Labute approximate surface area is 302 Å². The molecule has 0 aliphatic carbocycles. The molecule has 51 heavy (non-hydrogen) atoms. The molecule has 0 amide bonds. The van der Waals surface area contributed by atoms with Gasteiger partial charge in [-0.25, -0.2) is 4.99 Å². The van der Waals surface area contributed by atoms with Gasteiger partial charge in [0.25, 0.3) is 40.5 Å². The van der Waals surface area contributed by atoms with E-state index in [-0.39, 0.29) is 23.6 Å². The number of thioether (sulfide) groups is 2. The van der Waals surface area contributed by atoms with Gasteiger partial charge in [-0.1, -0.05) is 6.07 Å². The molecule has 0 saturated heterocycles. The van der Waals surface area contributed by atoms with Crippen LogP contribution in [0.15, 0.2) is 63.3 Å². The zero-order chi connectivity index (χ0) is 37.6. The van der Waals surface area contributed by atoms with Crippen LogP contribution >= 0.6 is 23.5 Å². The Balaban J connectivity index is 1.48. The molecule has 1 aliphatic heterocycles. The molecular formula is C26H34N6O13S6. The lowest BCUT2D eigenvalue weighted by atomic mass is 10.1. The summed E-state index contributed by atoms with van der Waals surface area (Å²) in [6, 6.07) is 10.9. The van der Waals surface area contributed by atoms with Gasteiger partial charge in [0, 0.05) is 11.5 Å². The van der Waals surface area contributed by atoms with Crippen molar-refractivity contribution in [3.63, 3.8) is 0 Å².